The Morgan fingerprint density at radius 3 is 2.76 bits per heavy atom. The fraction of sp³-hybridized carbons (Fsp3) is 0.118. The molecule has 1 heterocycles. The van der Waals surface area contributed by atoms with Gasteiger partial charge in [0, 0.05) is 32.1 Å². The van der Waals surface area contributed by atoms with E-state index in [4.69, 9.17) is 17.3 Å². The van der Waals surface area contributed by atoms with Gasteiger partial charge in [0.1, 0.15) is 0 Å². The maximum absolute atomic E-state index is 6.34. The third-order valence-electron chi connectivity index (χ3n) is 3.44. The minimum Gasteiger partial charge on any atom is -0.324 e. The molecule has 0 radical (unpaired) electrons. The van der Waals surface area contributed by atoms with E-state index in [1.165, 1.54) is 0 Å². The highest BCUT2D eigenvalue weighted by Gasteiger charge is 2.12. The van der Waals surface area contributed by atoms with E-state index in [2.05, 4.69) is 39.7 Å². The minimum atomic E-state index is -0.107. The monoisotopic (exact) mass is 408 g/mol. The first-order valence-corrected chi connectivity index (χ1v) is 8.14. The third kappa shape index (κ3) is 3.36. The van der Waals surface area contributed by atoms with Crippen LogP contribution >= 0.6 is 34.2 Å². The molecule has 21 heavy (non-hydrogen) atoms. The molecule has 0 saturated heterocycles. The van der Waals surface area contributed by atoms with Crippen molar-refractivity contribution in [2.24, 2.45) is 5.73 Å². The van der Waals surface area contributed by atoms with Crippen LogP contribution in [-0.2, 0) is 6.42 Å². The Morgan fingerprint density at radius 1 is 1.10 bits per heavy atom. The van der Waals surface area contributed by atoms with Crippen LogP contribution in [0.4, 0.5) is 0 Å². The molecule has 0 aliphatic heterocycles. The van der Waals surface area contributed by atoms with Crippen molar-refractivity contribution in [3.8, 4) is 0 Å². The van der Waals surface area contributed by atoms with E-state index in [9.17, 15) is 0 Å². The molecule has 0 amide bonds. The molecule has 4 heteroatoms. The van der Waals surface area contributed by atoms with Crippen molar-refractivity contribution >= 4 is 45.1 Å². The van der Waals surface area contributed by atoms with E-state index in [1.807, 2.05) is 42.5 Å². The molecule has 2 N–H and O–H groups in total. The number of hydrogen-bond donors (Lipinski definition) is 1. The summed E-state index contributed by atoms with van der Waals surface area (Å²) in [5, 5.41) is 1.86. The van der Waals surface area contributed by atoms with Crippen LogP contribution in [0, 0.1) is 3.57 Å². The lowest BCUT2D eigenvalue weighted by atomic mass is 10.0. The summed E-state index contributed by atoms with van der Waals surface area (Å²) in [6.45, 7) is 0. The van der Waals surface area contributed by atoms with Crippen molar-refractivity contribution in [2.45, 2.75) is 12.5 Å². The maximum Gasteiger partial charge on any atom is 0.0705 e. The third-order valence-corrected chi connectivity index (χ3v) is 4.66. The van der Waals surface area contributed by atoms with Crippen LogP contribution in [0.25, 0.3) is 10.9 Å². The Bertz CT molecular complexity index is 789. The summed E-state index contributed by atoms with van der Waals surface area (Å²) in [5.41, 5.74) is 9.40. The van der Waals surface area contributed by atoms with Gasteiger partial charge >= 0.3 is 0 Å². The van der Waals surface area contributed by atoms with E-state index >= 15 is 0 Å². The average Bonchev–Trinajstić information content (AvgIpc) is 2.49. The number of nitrogens with two attached hydrogens (primary N) is 1. The van der Waals surface area contributed by atoms with Gasteiger partial charge in [0.25, 0.3) is 0 Å². The molecular formula is C17H14ClIN2. The van der Waals surface area contributed by atoms with Crippen LogP contribution in [0.3, 0.4) is 0 Å². The maximum atomic E-state index is 6.34. The lowest BCUT2D eigenvalue weighted by Crippen LogP contribution is -2.15. The summed E-state index contributed by atoms with van der Waals surface area (Å²) in [4.78, 5) is 4.68. The highest BCUT2D eigenvalue weighted by atomic mass is 127. The van der Waals surface area contributed by atoms with Crippen LogP contribution < -0.4 is 5.73 Å². The predicted molar refractivity (Wildman–Crippen MR) is 96.5 cm³/mol. The molecular weight excluding hydrogens is 395 g/mol. The number of hydrogen-bond acceptors (Lipinski definition) is 2. The number of fused-ring (bicyclic) bond motifs is 1. The molecule has 0 saturated carbocycles. The first-order chi connectivity index (χ1) is 10.1. The number of halogens is 2. The zero-order valence-electron chi connectivity index (χ0n) is 11.3. The van der Waals surface area contributed by atoms with Gasteiger partial charge < -0.3 is 5.73 Å². The summed E-state index contributed by atoms with van der Waals surface area (Å²) in [6.07, 6.45) is 0.696. The highest BCUT2D eigenvalue weighted by molar-refractivity contribution is 14.1. The first-order valence-electron chi connectivity index (χ1n) is 6.69. The number of para-hydroxylation sites is 1. The molecule has 3 aromatic rings. The first kappa shape index (κ1) is 14.8. The fourth-order valence-corrected chi connectivity index (χ4v) is 3.27. The van der Waals surface area contributed by atoms with Gasteiger partial charge in [-0.3, -0.25) is 4.98 Å². The minimum absolute atomic E-state index is 0.107. The Morgan fingerprint density at radius 2 is 1.90 bits per heavy atom. The smallest absolute Gasteiger partial charge is 0.0705 e. The second-order valence-electron chi connectivity index (χ2n) is 4.97. The largest absolute Gasteiger partial charge is 0.324 e. The molecule has 1 unspecified atom stereocenters. The topological polar surface area (TPSA) is 38.9 Å². The lowest BCUT2D eigenvalue weighted by molar-refractivity contribution is 0.705. The van der Waals surface area contributed by atoms with Crippen molar-refractivity contribution < 1.29 is 0 Å². The number of pyridine rings is 1. The van der Waals surface area contributed by atoms with Crippen LogP contribution in [0.1, 0.15) is 17.3 Å². The van der Waals surface area contributed by atoms with Crippen molar-refractivity contribution in [3.63, 3.8) is 0 Å². The van der Waals surface area contributed by atoms with E-state index in [0.717, 1.165) is 25.7 Å². The van der Waals surface area contributed by atoms with Crippen molar-refractivity contribution in [1.29, 1.82) is 0 Å². The number of rotatable bonds is 3. The van der Waals surface area contributed by atoms with Crippen molar-refractivity contribution in [3.05, 3.63) is 74.4 Å². The van der Waals surface area contributed by atoms with Gasteiger partial charge in [-0.15, -0.1) is 0 Å². The van der Waals surface area contributed by atoms with Crippen LogP contribution in [0.5, 0.6) is 0 Å². The lowest BCUT2D eigenvalue weighted by Gasteiger charge is -2.14. The molecule has 2 nitrogen and oxygen atoms in total. The van der Waals surface area contributed by atoms with E-state index in [0.29, 0.717) is 11.4 Å². The summed E-state index contributed by atoms with van der Waals surface area (Å²) in [5.74, 6) is 0. The summed E-state index contributed by atoms with van der Waals surface area (Å²) < 4.78 is 1.13. The second-order valence-corrected chi connectivity index (χ2v) is 6.57. The number of benzene rings is 2. The van der Waals surface area contributed by atoms with E-state index in [-0.39, 0.29) is 6.04 Å². The molecule has 0 aliphatic rings. The number of nitrogens with zero attached hydrogens (tertiary/aromatic N) is 1. The standard InChI is InChI=1S/C17H14ClIN2/c18-12-6-8-15(19)14(9-12)16(20)10-13-7-5-11-3-1-2-4-17(11)21-13/h1-9,16H,10,20H2. The van der Waals surface area contributed by atoms with Crippen LogP contribution in [0.15, 0.2) is 54.6 Å². The van der Waals surface area contributed by atoms with Gasteiger partial charge in [-0.1, -0.05) is 35.9 Å². The molecule has 0 aliphatic carbocycles. The predicted octanol–water partition coefficient (Wildman–Crippen LogP) is 4.74. The Kier molecular flexibility index (Phi) is 4.42. The van der Waals surface area contributed by atoms with Gasteiger partial charge in [0.15, 0.2) is 0 Å². The second kappa shape index (κ2) is 6.30. The molecule has 106 valence electrons. The van der Waals surface area contributed by atoms with Crippen LogP contribution in [0.2, 0.25) is 5.02 Å². The molecule has 0 bridgehead atoms. The number of aromatic nitrogens is 1. The van der Waals surface area contributed by atoms with Gasteiger partial charge in [0.05, 0.1) is 5.52 Å². The quantitative estimate of drug-likeness (QED) is 0.636. The molecule has 1 aromatic heterocycles. The zero-order chi connectivity index (χ0) is 14.8. The fourth-order valence-electron chi connectivity index (χ4n) is 2.36. The molecule has 2 aromatic carbocycles. The van der Waals surface area contributed by atoms with Gasteiger partial charge in [-0.05, 0) is 58.5 Å². The van der Waals surface area contributed by atoms with Gasteiger partial charge in [-0.2, -0.15) is 0 Å². The summed E-state index contributed by atoms with van der Waals surface area (Å²) >= 11 is 8.36. The summed E-state index contributed by atoms with van der Waals surface area (Å²) in [7, 11) is 0. The molecule has 0 spiro atoms. The van der Waals surface area contributed by atoms with E-state index < -0.39 is 0 Å². The Balaban J connectivity index is 1.88. The highest BCUT2D eigenvalue weighted by Crippen LogP contribution is 2.25. The molecule has 3 rings (SSSR count). The van der Waals surface area contributed by atoms with Crippen molar-refractivity contribution in [2.75, 3.05) is 0 Å². The molecule has 1 atom stereocenters. The van der Waals surface area contributed by atoms with Gasteiger partial charge in [-0.25, -0.2) is 0 Å². The average molecular weight is 409 g/mol. The summed E-state index contributed by atoms with van der Waals surface area (Å²) in [6, 6.07) is 17.9. The Hall–Kier alpha value is -1.17. The van der Waals surface area contributed by atoms with Crippen molar-refractivity contribution in [1.82, 2.24) is 4.98 Å². The van der Waals surface area contributed by atoms with Crippen LogP contribution in [-0.4, -0.2) is 4.98 Å². The van der Waals surface area contributed by atoms with E-state index in [1.54, 1.807) is 0 Å². The SMILES string of the molecule is NC(Cc1ccc2ccccc2n1)c1cc(Cl)ccc1I. The molecule has 0 fully saturated rings. The van der Waals surface area contributed by atoms with Gasteiger partial charge in [0.2, 0.25) is 0 Å². The zero-order valence-corrected chi connectivity index (χ0v) is 14.2. The Labute approximate surface area is 142 Å². The normalized spacial score (nSPS) is 12.5.